The molecule has 1 aromatic rings. The molecule has 0 bridgehead atoms. The van der Waals surface area contributed by atoms with Crippen LogP contribution in [0.3, 0.4) is 0 Å². The Morgan fingerprint density at radius 2 is 1.80 bits per heavy atom. The number of carbonyl (C=O) groups excluding carboxylic acids is 5. The van der Waals surface area contributed by atoms with Gasteiger partial charge in [-0.05, 0) is 47.6 Å². The molecular weight excluding hydrogens is 614 g/mol. The van der Waals surface area contributed by atoms with Gasteiger partial charge in [0.15, 0.2) is 5.13 Å². The van der Waals surface area contributed by atoms with Gasteiger partial charge in [0.05, 0.1) is 24.1 Å². The highest BCUT2D eigenvalue weighted by Crippen LogP contribution is 2.41. The summed E-state index contributed by atoms with van der Waals surface area (Å²) in [6.45, 7) is 15.1. The van der Waals surface area contributed by atoms with Gasteiger partial charge in [-0.3, -0.25) is 34.9 Å². The first-order chi connectivity index (χ1) is 20.4. The minimum absolute atomic E-state index is 0.00813. The lowest BCUT2D eigenvalue weighted by atomic mass is 10.0. The number of carbonyl (C=O) groups is 5. The molecular formula is C28H37N5O9S2. The van der Waals surface area contributed by atoms with Gasteiger partial charge in [0.2, 0.25) is 0 Å². The van der Waals surface area contributed by atoms with E-state index in [2.05, 4.69) is 27.7 Å². The zero-order valence-corrected chi connectivity index (χ0v) is 27.4. The first kappa shape index (κ1) is 34.6. The fourth-order valence-electron chi connectivity index (χ4n) is 3.95. The van der Waals surface area contributed by atoms with Crippen LogP contribution in [0, 0.1) is 0 Å². The van der Waals surface area contributed by atoms with E-state index in [4.69, 9.17) is 19.0 Å². The Morgan fingerprint density at radius 3 is 2.39 bits per heavy atom. The van der Waals surface area contributed by atoms with Crippen LogP contribution in [0.25, 0.3) is 5.57 Å². The molecule has 1 fully saturated rings. The maximum absolute atomic E-state index is 13.6. The van der Waals surface area contributed by atoms with Crippen molar-refractivity contribution in [2.24, 2.45) is 0 Å². The lowest BCUT2D eigenvalue weighted by Gasteiger charge is -2.50. The summed E-state index contributed by atoms with van der Waals surface area (Å²) in [5.74, 6) is -2.23. The van der Waals surface area contributed by atoms with Crippen LogP contribution >= 0.6 is 23.1 Å². The van der Waals surface area contributed by atoms with Crippen LogP contribution < -0.4 is 16.1 Å². The summed E-state index contributed by atoms with van der Waals surface area (Å²) in [5.41, 5.74) is 1.80. The number of hydrogen-bond acceptors (Lipinski definition) is 13. The number of aromatic nitrogens is 1. The van der Waals surface area contributed by atoms with Gasteiger partial charge in [0, 0.05) is 23.6 Å². The number of esters is 2. The third-order valence-electron chi connectivity index (χ3n) is 5.56. The number of allylic oxidation sites excluding steroid dienone is 1. The van der Waals surface area contributed by atoms with Crippen LogP contribution in [0.4, 0.5) is 9.93 Å². The number of rotatable bonds is 10. The van der Waals surface area contributed by atoms with E-state index in [9.17, 15) is 24.0 Å². The van der Waals surface area contributed by atoms with E-state index in [1.54, 1.807) is 46.9 Å². The van der Waals surface area contributed by atoms with Crippen LogP contribution in [0.1, 0.15) is 54.2 Å². The number of hydroxylamine groups is 1. The lowest BCUT2D eigenvalue weighted by Crippen LogP contribution is -2.70. The Balaban J connectivity index is 1.85. The highest BCUT2D eigenvalue weighted by Gasteiger charge is 2.55. The van der Waals surface area contributed by atoms with E-state index in [0.717, 1.165) is 11.3 Å². The van der Waals surface area contributed by atoms with E-state index in [-0.39, 0.29) is 40.2 Å². The number of amides is 3. The molecule has 3 N–H and O–H groups in total. The zero-order chi connectivity index (χ0) is 33.0. The molecule has 3 amide bonds. The largest absolute Gasteiger partial charge is 0.461 e. The summed E-state index contributed by atoms with van der Waals surface area (Å²) >= 11 is 2.36. The number of nitrogens with one attached hydrogen (secondary N) is 3. The molecule has 3 rings (SSSR count). The molecule has 1 unspecified atom stereocenters. The second kappa shape index (κ2) is 13.8. The van der Waals surface area contributed by atoms with Gasteiger partial charge in [-0.15, -0.1) is 23.1 Å². The first-order valence-electron chi connectivity index (χ1n) is 13.4. The van der Waals surface area contributed by atoms with Gasteiger partial charge >= 0.3 is 18.0 Å². The van der Waals surface area contributed by atoms with Crippen molar-refractivity contribution in [3.63, 3.8) is 0 Å². The highest BCUT2D eigenvalue weighted by molar-refractivity contribution is 8.00. The summed E-state index contributed by atoms with van der Waals surface area (Å²) < 4.78 is 15.9. The number of thioether (sulfide) groups is 1. The molecule has 16 heteroatoms. The monoisotopic (exact) mass is 651 g/mol. The van der Waals surface area contributed by atoms with Crippen LogP contribution in [0.5, 0.6) is 0 Å². The van der Waals surface area contributed by atoms with Crippen molar-refractivity contribution in [1.29, 1.82) is 0 Å². The summed E-state index contributed by atoms with van der Waals surface area (Å²) in [4.78, 5) is 74.3. The molecule has 0 aromatic carbocycles. The number of thiazole rings is 1. The van der Waals surface area contributed by atoms with Gasteiger partial charge in [-0.2, -0.15) is 0 Å². The SMILES string of the molecule is C=C(C=C(C(=O)NC1C(=O)N2C(C(=O)OC(C)(C)C)=C(COC(C)=O)CS[C@@H]12)c1csc(NC(=O)OC(C)(C)C)n1)NOC. The van der Waals surface area contributed by atoms with Crippen LogP contribution in [0.2, 0.25) is 0 Å². The van der Waals surface area contributed by atoms with E-state index in [1.807, 2.05) is 0 Å². The van der Waals surface area contributed by atoms with Crippen LogP contribution in [-0.4, -0.2) is 81.8 Å². The van der Waals surface area contributed by atoms with Gasteiger partial charge in [-0.1, -0.05) is 6.58 Å². The highest BCUT2D eigenvalue weighted by atomic mass is 32.2. The normalized spacial score (nSPS) is 18.5. The molecule has 3 heterocycles. The maximum atomic E-state index is 13.6. The lowest BCUT2D eigenvalue weighted by molar-refractivity contribution is -0.159. The molecule has 14 nitrogen and oxygen atoms in total. The Hall–Kier alpha value is -3.89. The minimum atomic E-state index is -0.995. The van der Waals surface area contributed by atoms with Crippen molar-refractivity contribution in [3.05, 3.63) is 40.7 Å². The fraction of sp³-hybridized carbons (Fsp3) is 0.500. The molecule has 2 atom stereocenters. The van der Waals surface area contributed by atoms with Gasteiger partial charge in [0.25, 0.3) is 11.8 Å². The fourth-order valence-corrected chi connectivity index (χ4v) is 5.98. The van der Waals surface area contributed by atoms with E-state index < -0.39 is 52.5 Å². The molecule has 1 aromatic heterocycles. The predicted molar refractivity (Wildman–Crippen MR) is 164 cm³/mol. The van der Waals surface area contributed by atoms with E-state index in [1.165, 1.54) is 36.8 Å². The quantitative estimate of drug-likeness (QED) is 0.0844. The standard InChI is InChI=1S/C28H37N5O9S2/c1-14(32-39-9)10-17(18-13-44-25(29-18)31-26(38)42-28(6,7)8)21(35)30-19-22(36)33-20(24(37)41-27(3,4)5)16(11-40-15(2)34)12-43-23(19)33/h10,13,19,23,32H,1,11-12H2,2-9H3,(H,30,35)(H,29,31,38)/t19?,23-/m0/s1. The second-order valence-corrected chi connectivity index (χ2v) is 13.6. The average molecular weight is 652 g/mol. The van der Waals surface area contributed by atoms with Crippen molar-refractivity contribution in [2.45, 2.75) is 71.1 Å². The third-order valence-corrected chi connectivity index (χ3v) is 7.66. The van der Waals surface area contributed by atoms with Gasteiger partial charge in [0.1, 0.15) is 34.9 Å². The average Bonchev–Trinajstić information content (AvgIpc) is 3.34. The van der Waals surface area contributed by atoms with Crippen LogP contribution in [-0.2, 0) is 38.2 Å². The van der Waals surface area contributed by atoms with E-state index in [0.29, 0.717) is 5.57 Å². The van der Waals surface area contributed by atoms with Gasteiger partial charge in [-0.25, -0.2) is 14.6 Å². The molecule has 240 valence electrons. The van der Waals surface area contributed by atoms with E-state index >= 15 is 0 Å². The summed E-state index contributed by atoms with van der Waals surface area (Å²) in [6, 6.07) is -0.995. The molecule has 2 aliphatic rings. The topological polar surface area (TPSA) is 174 Å². The summed E-state index contributed by atoms with van der Waals surface area (Å²) in [7, 11) is 1.37. The number of fused-ring (bicyclic) bond motifs is 1. The summed E-state index contributed by atoms with van der Waals surface area (Å²) in [5, 5.41) is 6.36. The Labute approximate surface area is 263 Å². The first-order valence-corrected chi connectivity index (χ1v) is 15.3. The number of ether oxygens (including phenoxy) is 3. The minimum Gasteiger partial charge on any atom is -0.461 e. The second-order valence-electron chi connectivity index (χ2n) is 11.6. The number of hydrogen-bond donors (Lipinski definition) is 3. The molecule has 1 saturated heterocycles. The van der Waals surface area contributed by atoms with Crippen molar-refractivity contribution in [3.8, 4) is 0 Å². The smallest absolute Gasteiger partial charge is 0.413 e. The predicted octanol–water partition coefficient (Wildman–Crippen LogP) is 3.10. The molecule has 0 radical (unpaired) electrons. The molecule has 0 spiro atoms. The Morgan fingerprint density at radius 1 is 1.14 bits per heavy atom. The van der Waals surface area contributed by atoms with Crippen molar-refractivity contribution < 1.29 is 43.0 Å². The number of β-lactam (4-membered cyclic amide) rings is 1. The van der Waals surface area contributed by atoms with Crippen molar-refractivity contribution >= 4 is 63.6 Å². The maximum Gasteiger partial charge on any atom is 0.413 e. The van der Waals surface area contributed by atoms with Gasteiger partial charge < -0.3 is 19.5 Å². The summed E-state index contributed by atoms with van der Waals surface area (Å²) in [6.07, 6.45) is 0.666. The Bertz CT molecular complexity index is 1400. The number of nitrogens with zero attached hydrogens (tertiary/aromatic N) is 2. The Kier molecular flexibility index (Phi) is 10.9. The molecule has 0 aliphatic carbocycles. The zero-order valence-electron chi connectivity index (χ0n) is 25.8. The molecule has 44 heavy (non-hydrogen) atoms. The van der Waals surface area contributed by atoms with Crippen molar-refractivity contribution in [2.75, 3.05) is 24.8 Å². The molecule has 2 aliphatic heterocycles. The van der Waals surface area contributed by atoms with Crippen LogP contribution in [0.15, 0.2) is 35.0 Å². The third kappa shape index (κ3) is 9.06. The molecule has 0 saturated carbocycles. The number of anilines is 1. The van der Waals surface area contributed by atoms with Crippen molar-refractivity contribution in [1.82, 2.24) is 20.7 Å².